The summed E-state index contributed by atoms with van der Waals surface area (Å²) in [6.45, 7) is -0.194. The number of nitrogens with zero attached hydrogens (tertiary/aromatic N) is 2. The molecule has 6 heteroatoms. The third-order valence-corrected chi connectivity index (χ3v) is 2.79. The van der Waals surface area contributed by atoms with E-state index < -0.39 is 6.04 Å². The molecule has 80 valence electrons. The van der Waals surface area contributed by atoms with Crippen LogP contribution in [0.25, 0.3) is 0 Å². The molecule has 0 aliphatic carbocycles. The molecule has 15 heavy (non-hydrogen) atoms. The fourth-order valence-electron chi connectivity index (χ4n) is 1.14. The lowest BCUT2D eigenvalue weighted by atomic mass is 10.3. The van der Waals surface area contributed by atoms with Gasteiger partial charge < -0.3 is 15.4 Å². The molecule has 0 bridgehead atoms. The van der Waals surface area contributed by atoms with Crippen LogP contribution in [-0.2, 0) is 6.42 Å². The van der Waals surface area contributed by atoms with E-state index >= 15 is 0 Å². The molecular weight excluding hydrogens is 214 g/mol. The highest BCUT2D eigenvalue weighted by molar-refractivity contribution is 7.09. The van der Waals surface area contributed by atoms with E-state index in [0.717, 1.165) is 0 Å². The van der Waals surface area contributed by atoms with Crippen LogP contribution >= 0.6 is 11.3 Å². The first-order valence-electron chi connectivity index (χ1n) is 4.51. The molecule has 0 aliphatic heterocycles. The molecule has 0 fully saturated rings. The summed E-state index contributed by atoms with van der Waals surface area (Å²) in [7, 11) is 0. The predicted octanol–water partition coefficient (Wildman–Crippen LogP) is 0.714. The van der Waals surface area contributed by atoms with Gasteiger partial charge >= 0.3 is 0 Å². The number of aromatic nitrogens is 2. The van der Waals surface area contributed by atoms with Crippen LogP contribution in [0.15, 0.2) is 22.0 Å². The van der Waals surface area contributed by atoms with Gasteiger partial charge in [-0.1, -0.05) is 11.2 Å². The molecule has 1 atom stereocenters. The van der Waals surface area contributed by atoms with Gasteiger partial charge in [0.05, 0.1) is 6.61 Å². The molecule has 0 aliphatic rings. The summed E-state index contributed by atoms with van der Waals surface area (Å²) >= 11 is 1.64. The Morgan fingerprint density at radius 1 is 1.60 bits per heavy atom. The van der Waals surface area contributed by atoms with Crippen molar-refractivity contribution >= 4 is 11.3 Å². The number of nitrogens with two attached hydrogens (primary N) is 1. The summed E-state index contributed by atoms with van der Waals surface area (Å²) in [4.78, 5) is 5.27. The van der Waals surface area contributed by atoms with Crippen LogP contribution in [0, 0.1) is 0 Å². The Morgan fingerprint density at radius 2 is 2.47 bits per heavy atom. The van der Waals surface area contributed by atoms with Gasteiger partial charge in [0, 0.05) is 11.3 Å². The van der Waals surface area contributed by atoms with Gasteiger partial charge in [0.2, 0.25) is 5.89 Å². The van der Waals surface area contributed by atoms with Crippen LogP contribution in [0.3, 0.4) is 0 Å². The average Bonchev–Trinajstić information content (AvgIpc) is 2.88. The van der Waals surface area contributed by atoms with E-state index in [9.17, 15) is 0 Å². The first-order chi connectivity index (χ1) is 7.29. The van der Waals surface area contributed by atoms with Crippen molar-refractivity contribution in [3.8, 4) is 0 Å². The van der Waals surface area contributed by atoms with E-state index in [4.69, 9.17) is 15.4 Å². The summed E-state index contributed by atoms with van der Waals surface area (Å²) in [5.74, 6) is 0.875. The molecule has 0 amide bonds. The highest BCUT2D eigenvalue weighted by atomic mass is 32.1. The molecule has 3 N–H and O–H groups in total. The first-order valence-corrected chi connectivity index (χ1v) is 5.39. The zero-order valence-electron chi connectivity index (χ0n) is 7.96. The van der Waals surface area contributed by atoms with Crippen molar-refractivity contribution in [2.75, 3.05) is 6.61 Å². The molecule has 2 aromatic rings. The van der Waals surface area contributed by atoms with E-state index in [1.807, 2.05) is 17.5 Å². The summed E-state index contributed by atoms with van der Waals surface area (Å²) in [6, 6.07) is 3.39. The van der Waals surface area contributed by atoms with Crippen molar-refractivity contribution in [1.82, 2.24) is 10.1 Å². The van der Waals surface area contributed by atoms with Crippen molar-refractivity contribution in [1.29, 1.82) is 0 Å². The van der Waals surface area contributed by atoms with E-state index in [-0.39, 0.29) is 12.5 Å². The van der Waals surface area contributed by atoms with E-state index in [1.165, 1.54) is 4.88 Å². The molecule has 0 saturated carbocycles. The summed E-state index contributed by atoms with van der Waals surface area (Å²) in [6.07, 6.45) is 0.638. The Bertz CT molecular complexity index is 413. The predicted molar refractivity (Wildman–Crippen MR) is 55.4 cm³/mol. The third-order valence-electron chi connectivity index (χ3n) is 1.91. The van der Waals surface area contributed by atoms with Crippen molar-refractivity contribution in [3.63, 3.8) is 0 Å². The monoisotopic (exact) mass is 225 g/mol. The summed E-state index contributed by atoms with van der Waals surface area (Å²) in [5.41, 5.74) is 5.54. The number of aliphatic hydroxyl groups excluding tert-OH is 1. The number of rotatable bonds is 4. The molecule has 2 heterocycles. The Hall–Kier alpha value is -1.24. The zero-order valence-corrected chi connectivity index (χ0v) is 8.78. The Morgan fingerprint density at radius 3 is 3.13 bits per heavy atom. The fraction of sp³-hybridized carbons (Fsp3) is 0.333. The van der Waals surface area contributed by atoms with Crippen LogP contribution < -0.4 is 5.73 Å². The average molecular weight is 225 g/mol. The largest absolute Gasteiger partial charge is 0.394 e. The van der Waals surface area contributed by atoms with Gasteiger partial charge in [-0.25, -0.2) is 0 Å². The lowest BCUT2D eigenvalue weighted by molar-refractivity contribution is 0.236. The van der Waals surface area contributed by atoms with Crippen LogP contribution in [-0.4, -0.2) is 21.9 Å². The van der Waals surface area contributed by atoms with E-state index in [2.05, 4.69) is 10.1 Å². The van der Waals surface area contributed by atoms with E-state index in [0.29, 0.717) is 12.2 Å². The van der Waals surface area contributed by atoms with Gasteiger partial charge in [0.1, 0.15) is 6.04 Å². The highest BCUT2D eigenvalue weighted by Gasteiger charge is 2.13. The van der Waals surface area contributed by atoms with Crippen LogP contribution in [0.5, 0.6) is 0 Å². The third kappa shape index (κ3) is 2.41. The topological polar surface area (TPSA) is 85.2 Å². The minimum atomic E-state index is -0.588. The number of thiophene rings is 1. The lowest BCUT2D eigenvalue weighted by Gasteiger charge is -1.98. The van der Waals surface area contributed by atoms with Crippen LogP contribution in [0.4, 0.5) is 0 Å². The first kappa shape index (κ1) is 10.3. The van der Waals surface area contributed by atoms with Crippen molar-refractivity contribution in [2.45, 2.75) is 12.5 Å². The molecule has 2 aromatic heterocycles. The zero-order chi connectivity index (χ0) is 10.7. The molecular formula is C9H11N3O2S. The van der Waals surface area contributed by atoms with Crippen LogP contribution in [0.1, 0.15) is 22.6 Å². The van der Waals surface area contributed by atoms with Gasteiger partial charge in [0.15, 0.2) is 5.82 Å². The van der Waals surface area contributed by atoms with Gasteiger partial charge in [-0.05, 0) is 11.4 Å². The maximum Gasteiger partial charge on any atom is 0.245 e. The highest BCUT2D eigenvalue weighted by Crippen LogP contribution is 2.14. The molecule has 0 saturated heterocycles. The minimum absolute atomic E-state index is 0.194. The summed E-state index contributed by atoms with van der Waals surface area (Å²) < 4.78 is 4.92. The van der Waals surface area contributed by atoms with Crippen LogP contribution in [0.2, 0.25) is 0 Å². The molecule has 2 rings (SSSR count). The number of hydrogen-bond acceptors (Lipinski definition) is 6. The van der Waals surface area contributed by atoms with Crippen molar-refractivity contribution in [3.05, 3.63) is 34.1 Å². The smallest absolute Gasteiger partial charge is 0.245 e. The second kappa shape index (κ2) is 4.52. The van der Waals surface area contributed by atoms with E-state index in [1.54, 1.807) is 11.3 Å². The molecule has 5 nitrogen and oxygen atoms in total. The van der Waals surface area contributed by atoms with Gasteiger partial charge in [0.25, 0.3) is 0 Å². The maximum absolute atomic E-state index is 8.80. The Kier molecular flexibility index (Phi) is 3.10. The second-order valence-corrected chi connectivity index (χ2v) is 4.13. The SMILES string of the molecule is N[C@H](CO)c1nc(Cc2cccs2)no1. The van der Waals surface area contributed by atoms with Crippen molar-refractivity contribution < 1.29 is 9.63 Å². The second-order valence-electron chi connectivity index (χ2n) is 3.09. The fourth-order valence-corrected chi connectivity index (χ4v) is 1.84. The quantitative estimate of drug-likeness (QED) is 0.800. The minimum Gasteiger partial charge on any atom is -0.394 e. The Labute approximate surface area is 90.5 Å². The van der Waals surface area contributed by atoms with Gasteiger partial charge in [-0.2, -0.15) is 4.98 Å². The number of aliphatic hydroxyl groups is 1. The van der Waals surface area contributed by atoms with Gasteiger partial charge in [-0.15, -0.1) is 11.3 Å². The molecule has 0 spiro atoms. The van der Waals surface area contributed by atoms with Crippen molar-refractivity contribution in [2.24, 2.45) is 5.73 Å². The molecule has 0 aromatic carbocycles. The van der Waals surface area contributed by atoms with Gasteiger partial charge in [-0.3, -0.25) is 0 Å². The summed E-state index contributed by atoms with van der Waals surface area (Å²) in [5, 5.41) is 14.6. The molecule has 0 unspecified atom stereocenters. The number of hydrogen-bond donors (Lipinski definition) is 2. The molecule has 0 radical (unpaired) electrons. The maximum atomic E-state index is 8.80. The standard InChI is InChI=1S/C9H11N3O2S/c10-7(5-13)9-11-8(12-14-9)4-6-2-1-3-15-6/h1-3,7,13H,4-5,10H2/t7-/m1/s1. The Balaban J connectivity index is 2.07. The lowest BCUT2D eigenvalue weighted by Crippen LogP contribution is -2.14. The normalized spacial score (nSPS) is 12.9.